The Morgan fingerprint density at radius 3 is 2.62 bits per heavy atom. The van der Waals surface area contributed by atoms with Crippen LogP contribution in [0.4, 0.5) is 5.69 Å². The van der Waals surface area contributed by atoms with Gasteiger partial charge in [-0.15, -0.1) is 0 Å². The van der Waals surface area contributed by atoms with E-state index in [1.165, 1.54) is 10.6 Å². The molecule has 0 radical (unpaired) electrons. The van der Waals surface area contributed by atoms with Gasteiger partial charge in [-0.3, -0.25) is 4.79 Å². The summed E-state index contributed by atoms with van der Waals surface area (Å²) in [6.45, 7) is 2.17. The van der Waals surface area contributed by atoms with Crippen LogP contribution < -0.4 is 5.32 Å². The molecule has 6 nitrogen and oxygen atoms in total. The van der Waals surface area contributed by atoms with Crippen LogP contribution in [0.3, 0.4) is 0 Å². The summed E-state index contributed by atoms with van der Waals surface area (Å²) in [6, 6.07) is 15.0. The van der Waals surface area contributed by atoms with Crippen molar-refractivity contribution >= 4 is 17.3 Å². The fraction of sp³-hybridized carbons (Fsp3) is 0.200. The molecule has 0 saturated heterocycles. The molecule has 0 aliphatic carbocycles. The molecule has 6 heteroatoms. The van der Waals surface area contributed by atoms with Crippen molar-refractivity contribution in [2.24, 2.45) is 5.10 Å². The number of hydrogen-bond donors (Lipinski definition) is 1. The zero-order valence-corrected chi connectivity index (χ0v) is 14.4. The quantitative estimate of drug-likeness (QED) is 0.756. The molecule has 2 aromatic heterocycles. The van der Waals surface area contributed by atoms with Crippen LogP contribution in [-0.2, 0) is 4.79 Å². The van der Waals surface area contributed by atoms with Gasteiger partial charge in [-0.05, 0) is 43.3 Å². The molecule has 1 aromatic carbocycles. The first-order valence-electron chi connectivity index (χ1n) is 8.48. The van der Waals surface area contributed by atoms with Crippen LogP contribution >= 0.6 is 0 Å². The van der Waals surface area contributed by atoms with Gasteiger partial charge in [-0.1, -0.05) is 17.7 Å². The van der Waals surface area contributed by atoms with Crippen LogP contribution in [0.1, 0.15) is 29.5 Å². The first kappa shape index (κ1) is 16.2. The van der Waals surface area contributed by atoms with E-state index in [1.54, 1.807) is 12.5 Å². The van der Waals surface area contributed by atoms with Crippen molar-refractivity contribution in [1.29, 1.82) is 0 Å². The number of furan rings is 2. The molecule has 3 heterocycles. The molecule has 1 unspecified atom stereocenters. The van der Waals surface area contributed by atoms with Crippen molar-refractivity contribution in [2.75, 3.05) is 11.9 Å². The molecule has 0 saturated carbocycles. The number of benzene rings is 1. The van der Waals surface area contributed by atoms with Crippen LogP contribution in [0.15, 0.2) is 75.0 Å². The molecule has 132 valence electrons. The van der Waals surface area contributed by atoms with Crippen molar-refractivity contribution < 1.29 is 13.6 Å². The Kier molecular flexibility index (Phi) is 4.31. The van der Waals surface area contributed by atoms with E-state index in [0.29, 0.717) is 17.9 Å². The number of anilines is 1. The number of hydrogen-bond acceptors (Lipinski definition) is 5. The van der Waals surface area contributed by atoms with Crippen LogP contribution in [0.25, 0.3) is 0 Å². The lowest BCUT2D eigenvalue weighted by molar-refractivity contribution is -0.131. The highest BCUT2D eigenvalue weighted by molar-refractivity contribution is 6.01. The van der Waals surface area contributed by atoms with Gasteiger partial charge in [0.05, 0.1) is 19.1 Å². The average molecular weight is 349 g/mol. The van der Waals surface area contributed by atoms with Gasteiger partial charge >= 0.3 is 0 Å². The number of amides is 1. The van der Waals surface area contributed by atoms with E-state index < -0.39 is 0 Å². The number of nitrogens with zero attached hydrogens (tertiary/aromatic N) is 2. The smallest absolute Gasteiger partial charge is 0.262 e. The van der Waals surface area contributed by atoms with E-state index in [4.69, 9.17) is 8.83 Å². The van der Waals surface area contributed by atoms with Crippen molar-refractivity contribution in [3.05, 3.63) is 78.1 Å². The standard InChI is InChI=1S/C20H19N3O3/c1-14-6-8-15(9-7-14)21-13-20(24)23-17(19-5-3-11-26-19)12-16(22-23)18-4-2-10-25-18/h2-11,17,21H,12-13H2,1H3. The summed E-state index contributed by atoms with van der Waals surface area (Å²) in [5, 5.41) is 9.13. The van der Waals surface area contributed by atoms with Gasteiger partial charge in [0.1, 0.15) is 23.3 Å². The first-order valence-corrected chi connectivity index (χ1v) is 8.48. The van der Waals surface area contributed by atoms with Crippen LogP contribution in [0.2, 0.25) is 0 Å². The lowest BCUT2D eigenvalue weighted by Crippen LogP contribution is -2.32. The highest BCUT2D eigenvalue weighted by Crippen LogP contribution is 2.33. The number of carbonyl (C=O) groups excluding carboxylic acids is 1. The van der Waals surface area contributed by atoms with Gasteiger partial charge in [0.2, 0.25) is 0 Å². The normalized spacial score (nSPS) is 16.6. The first-order chi connectivity index (χ1) is 12.7. The van der Waals surface area contributed by atoms with Crippen molar-refractivity contribution in [3.63, 3.8) is 0 Å². The molecular weight excluding hydrogens is 330 g/mol. The summed E-state index contributed by atoms with van der Waals surface area (Å²) in [4.78, 5) is 12.8. The van der Waals surface area contributed by atoms with E-state index >= 15 is 0 Å². The number of nitrogens with one attached hydrogen (secondary N) is 1. The summed E-state index contributed by atoms with van der Waals surface area (Å²) in [5.41, 5.74) is 2.81. The third-order valence-electron chi connectivity index (χ3n) is 4.34. The predicted octanol–water partition coefficient (Wildman–Crippen LogP) is 3.97. The lowest BCUT2D eigenvalue weighted by atomic mass is 10.1. The Labute approximate surface area is 151 Å². The monoisotopic (exact) mass is 349 g/mol. The number of rotatable bonds is 5. The average Bonchev–Trinajstić information content (AvgIpc) is 3.41. The maximum atomic E-state index is 12.8. The molecule has 1 aliphatic rings. The van der Waals surface area contributed by atoms with Gasteiger partial charge in [-0.2, -0.15) is 5.10 Å². The van der Waals surface area contributed by atoms with Gasteiger partial charge < -0.3 is 14.2 Å². The van der Waals surface area contributed by atoms with Gasteiger partial charge in [-0.25, -0.2) is 5.01 Å². The minimum Gasteiger partial charge on any atom is -0.467 e. The van der Waals surface area contributed by atoms with Crippen LogP contribution in [-0.4, -0.2) is 23.2 Å². The maximum Gasteiger partial charge on any atom is 0.262 e. The Hall–Kier alpha value is -3.28. The van der Waals surface area contributed by atoms with Crippen molar-refractivity contribution in [3.8, 4) is 0 Å². The Balaban J connectivity index is 1.52. The Bertz CT molecular complexity index is 896. The topological polar surface area (TPSA) is 71.0 Å². The molecule has 0 bridgehead atoms. The molecule has 1 amide bonds. The number of hydrazone groups is 1. The molecule has 3 aromatic rings. The number of aryl methyl sites for hydroxylation is 1. The van der Waals surface area contributed by atoms with Gasteiger partial charge in [0, 0.05) is 12.1 Å². The zero-order valence-electron chi connectivity index (χ0n) is 14.4. The SMILES string of the molecule is Cc1ccc(NCC(=O)N2N=C(c3ccco3)CC2c2ccco2)cc1. The lowest BCUT2D eigenvalue weighted by Gasteiger charge is -2.20. The Morgan fingerprint density at radius 2 is 1.92 bits per heavy atom. The van der Waals surface area contributed by atoms with E-state index in [0.717, 1.165) is 11.4 Å². The highest BCUT2D eigenvalue weighted by atomic mass is 16.3. The molecule has 1 atom stereocenters. The fourth-order valence-electron chi connectivity index (χ4n) is 2.96. The molecule has 26 heavy (non-hydrogen) atoms. The zero-order chi connectivity index (χ0) is 17.9. The minimum atomic E-state index is -0.266. The fourth-order valence-corrected chi connectivity index (χ4v) is 2.96. The van der Waals surface area contributed by atoms with E-state index in [-0.39, 0.29) is 18.5 Å². The maximum absolute atomic E-state index is 12.8. The van der Waals surface area contributed by atoms with E-state index in [2.05, 4.69) is 10.4 Å². The Morgan fingerprint density at radius 1 is 1.15 bits per heavy atom. The highest BCUT2D eigenvalue weighted by Gasteiger charge is 2.35. The van der Waals surface area contributed by atoms with Crippen molar-refractivity contribution in [1.82, 2.24) is 5.01 Å². The van der Waals surface area contributed by atoms with Gasteiger partial charge in [0.25, 0.3) is 5.91 Å². The second-order valence-corrected chi connectivity index (χ2v) is 6.22. The molecular formula is C20H19N3O3. The third-order valence-corrected chi connectivity index (χ3v) is 4.34. The van der Waals surface area contributed by atoms with Crippen molar-refractivity contribution in [2.45, 2.75) is 19.4 Å². The summed E-state index contributed by atoms with van der Waals surface area (Å²) < 4.78 is 11.0. The number of carbonyl (C=O) groups is 1. The van der Waals surface area contributed by atoms with Crippen LogP contribution in [0, 0.1) is 6.92 Å². The van der Waals surface area contributed by atoms with Gasteiger partial charge in [0.15, 0.2) is 0 Å². The van der Waals surface area contributed by atoms with Crippen LogP contribution in [0.5, 0.6) is 0 Å². The molecule has 1 N–H and O–H groups in total. The summed E-state index contributed by atoms with van der Waals surface area (Å²) in [5.74, 6) is 1.25. The van der Waals surface area contributed by atoms with E-state index in [1.807, 2.05) is 55.5 Å². The summed E-state index contributed by atoms with van der Waals surface area (Å²) >= 11 is 0. The summed E-state index contributed by atoms with van der Waals surface area (Å²) in [7, 11) is 0. The molecule has 0 spiro atoms. The largest absolute Gasteiger partial charge is 0.467 e. The minimum absolute atomic E-state index is 0.131. The predicted molar refractivity (Wildman–Crippen MR) is 97.8 cm³/mol. The molecule has 4 rings (SSSR count). The second-order valence-electron chi connectivity index (χ2n) is 6.22. The summed E-state index contributed by atoms with van der Waals surface area (Å²) in [6.07, 6.45) is 3.76. The van der Waals surface area contributed by atoms with E-state index in [9.17, 15) is 4.79 Å². The second kappa shape index (κ2) is 6.92. The third kappa shape index (κ3) is 3.26. The molecule has 0 fully saturated rings. The molecule has 1 aliphatic heterocycles.